The van der Waals surface area contributed by atoms with Crippen molar-refractivity contribution in [2.24, 2.45) is 5.16 Å². The number of aliphatic carboxylic acids is 1. The van der Waals surface area contributed by atoms with Crippen LogP contribution >= 0.6 is 34.9 Å². The number of hydrogen-bond acceptors (Lipinski definition) is 13. The summed E-state index contributed by atoms with van der Waals surface area (Å²) in [6.07, 6.45) is 1.37. The first-order chi connectivity index (χ1) is 18.9. The van der Waals surface area contributed by atoms with Crippen LogP contribution in [-0.4, -0.2) is 76.6 Å². The number of benzene rings is 1. The first-order valence-electron chi connectivity index (χ1n) is 11.3. The van der Waals surface area contributed by atoms with Crippen molar-refractivity contribution in [3.8, 4) is 0 Å². The number of aromatic nitrogens is 4. The predicted molar refractivity (Wildman–Crippen MR) is 145 cm³/mol. The molecule has 0 aliphatic carbocycles. The number of thioether (sulfide) groups is 2. The Morgan fingerprint density at radius 1 is 1.28 bits per heavy atom. The van der Waals surface area contributed by atoms with E-state index in [9.17, 15) is 19.5 Å². The van der Waals surface area contributed by atoms with Crippen LogP contribution in [0.15, 0.2) is 68.9 Å². The van der Waals surface area contributed by atoms with Gasteiger partial charge in [-0.2, -0.15) is 0 Å². The fourth-order valence-electron chi connectivity index (χ4n) is 3.79. The number of nitrogens with zero attached hydrogens (tertiary/aromatic N) is 6. The minimum atomic E-state index is -1.21. The molecule has 0 spiro atoms. The second-order valence-corrected chi connectivity index (χ2v) is 11.3. The molecule has 200 valence electrons. The highest BCUT2D eigenvalue weighted by Gasteiger charge is 2.54. The standard InChI is InChI=1S/C23H20N8O5S3/c24-14-6-7-25-18(27-14)15(30-36-8-12-4-2-1-3-5-12)19(32)28-16-20(33)31-17(22(34)35)13(9-37-21(16)31)10-38-23-29-26-11-39-23/h1-7,11,16,21H,8-10H2,(H,28,32)(H,34,35)(H2,24,25,27)/b30-15+. The van der Waals surface area contributed by atoms with Crippen LogP contribution in [0.5, 0.6) is 0 Å². The van der Waals surface area contributed by atoms with Gasteiger partial charge in [-0.05, 0) is 17.2 Å². The van der Waals surface area contributed by atoms with Gasteiger partial charge in [0.25, 0.3) is 11.8 Å². The van der Waals surface area contributed by atoms with E-state index in [4.69, 9.17) is 10.6 Å². The number of anilines is 1. The smallest absolute Gasteiger partial charge is 0.352 e. The van der Waals surface area contributed by atoms with Gasteiger partial charge in [0.15, 0.2) is 10.2 Å². The van der Waals surface area contributed by atoms with E-state index < -0.39 is 29.2 Å². The summed E-state index contributed by atoms with van der Waals surface area (Å²) < 4.78 is 0.699. The summed E-state index contributed by atoms with van der Waals surface area (Å²) >= 11 is 4.06. The van der Waals surface area contributed by atoms with Crippen molar-refractivity contribution in [3.63, 3.8) is 0 Å². The predicted octanol–water partition coefficient (Wildman–Crippen LogP) is 1.36. The molecule has 2 aromatic heterocycles. The zero-order valence-electron chi connectivity index (χ0n) is 20.0. The van der Waals surface area contributed by atoms with Crippen molar-refractivity contribution in [2.75, 3.05) is 17.2 Å². The van der Waals surface area contributed by atoms with Gasteiger partial charge in [0, 0.05) is 17.7 Å². The van der Waals surface area contributed by atoms with Crippen LogP contribution in [0.25, 0.3) is 0 Å². The first kappa shape index (κ1) is 26.6. The van der Waals surface area contributed by atoms with E-state index in [1.54, 1.807) is 5.51 Å². The Labute approximate surface area is 233 Å². The fraction of sp³-hybridized carbons (Fsp3) is 0.217. The first-order valence-corrected chi connectivity index (χ1v) is 14.3. The van der Waals surface area contributed by atoms with Crippen molar-refractivity contribution in [1.82, 2.24) is 30.4 Å². The normalized spacial score (nSPS) is 18.8. The lowest BCUT2D eigenvalue weighted by molar-refractivity contribution is -0.150. The molecule has 5 rings (SSSR count). The van der Waals surface area contributed by atoms with Gasteiger partial charge in [-0.1, -0.05) is 58.6 Å². The third-order valence-corrected chi connectivity index (χ3v) is 8.87. The maximum Gasteiger partial charge on any atom is 0.352 e. The van der Waals surface area contributed by atoms with Crippen LogP contribution < -0.4 is 11.1 Å². The molecule has 2 unspecified atom stereocenters. The highest BCUT2D eigenvalue weighted by Crippen LogP contribution is 2.41. The van der Waals surface area contributed by atoms with Crippen LogP contribution in [0.3, 0.4) is 0 Å². The molecular formula is C23H20N8O5S3. The van der Waals surface area contributed by atoms with Crippen LogP contribution in [0.2, 0.25) is 0 Å². The highest BCUT2D eigenvalue weighted by atomic mass is 32.2. The average molecular weight is 585 g/mol. The lowest BCUT2D eigenvalue weighted by Crippen LogP contribution is -2.71. The molecule has 0 bridgehead atoms. The average Bonchev–Trinajstić information content (AvgIpc) is 3.46. The summed E-state index contributed by atoms with van der Waals surface area (Å²) in [5.74, 6) is -1.76. The van der Waals surface area contributed by atoms with Crippen LogP contribution in [0.4, 0.5) is 5.82 Å². The number of β-lactam (4-membered cyclic amide) rings is 1. The molecule has 4 N–H and O–H groups in total. The van der Waals surface area contributed by atoms with Gasteiger partial charge in [0.05, 0.1) is 0 Å². The molecule has 4 heterocycles. The summed E-state index contributed by atoms with van der Waals surface area (Å²) in [6, 6.07) is 9.69. The van der Waals surface area contributed by atoms with Gasteiger partial charge in [-0.15, -0.1) is 22.0 Å². The molecule has 1 saturated heterocycles. The molecule has 0 radical (unpaired) electrons. The second kappa shape index (κ2) is 11.8. The Balaban J connectivity index is 1.31. The van der Waals surface area contributed by atoms with E-state index in [1.165, 1.54) is 52.0 Å². The van der Waals surface area contributed by atoms with Crippen molar-refractivity contribution in [1.29, 1.82) is 0 Å². The Morgan fingerprint density at radius 3 is 2.82 bits per heavy atom. The molecule has 2 aliphatic rings. The van der Waals surface area contributed by atoms with E-state index in [0.717, 1.165) is 5.56 Å². The Hall–Kier alpha value is -4.02. The van der Waals surface area contributed by atoms with Crippen LogP contribution in [-0.2, 0) is 25.8 Å². The molecule has 1 aromatic carbocycles. The number of amides is 2. The van der Waals surface area contributed by atoms with Gasteiger partial charge >= 0.3 is 5.97 Å². The van der Waals surface area contributed by atoms with Crippen molar-refractivity contribution in [3.05, 3.63) is 70.8 Å². The number of fused-ring (bicyclic) bond motifs is 1. The summed E-state index contributed by atoms with van der Waals surface area (Å²) in [7, 11) is 0. The highest BCUT2D eigenvalue weighted by molar-refractivity contribution is 8.01. The molecule has 13 nitrogen and oxygen atoms in total. The quantitative estimate of drug-likeness (QED) is 0.135. The number of hydrogen-bond donors (Lipinski definition) is 3. The van der Waals surface area contributed by atoms with E-state index in [1.807, 2.05) is 30.3 Å². The molecule has 0 saturated carbocycles. The summed E-state index contributed by atoms with van der Waals surface area (Å²) in [4.78, 5) is 53.2. The molecule has 16 heteroatoms. The van der Waals surface area contributed by atoms with Crippen molar-refractivity contribution >= 4 is 64.2 Å². The Morgan fingerprint density at radius 2 is 2.10 bits per heavy atom. The number of rotatable bonds is 10. The minimum absolute atomic E-state index is 0.0782. The molecule has 39 heavy (non-hydrogen) atoms. The zero-order valence-corrected chi connectivity index (χ0v) is 22.4. The summed E-state index contributed by atoms with van der Waals surface area (Å²) in [5, 5.41) is 23.6. The summed E-state index contributed by atoms with van der Waals surface area (Å²) in [6.45, 7) is 0.0825. The number of nitrogen functional groups attached to an aromatic ring is 1. The van der Waals surface area contributed by atoms with Crippen molar-refractivity contribution < 1.29 is 24.3 Å². The van der Waals surface area contributed by atoms with Gasteiger partial charge < -0.3 is 21.0 Å². The van der Waals surface area contributed by atoms with Crippen LogP contribution in [0, 0.1) is 0 Å². The fourth-order valence-corrected chi connectivity index (χ4v) is 6.77. The lowest BCUT2D eigenvalue weighted by atomic mass is 10.0. The third kappa shape index (κ3) is 5.86. The van der Waals surface area contributed by atoms with E-state index in [2.05, 4.69) is 30.6 Å². The number of oxime groups is 1. The van der Waals surface area contributed by atoms with E-state index in [0.29, 0.717) is 21.4 Å². The van der Waals surface area contributed by atoms with Gasteiger partial charge in [-0.25, -0.2) is 14.8 Å². The molecule has 1 fully saturated rings. The molecule has 2 atom stereocenters. The van der Waals surface area contributed by atoms with Gasteiger partial charge in [0.1, 0.15) is 35.0 Å². The molecule has 2 amide bonds. The monoisotopic (exact) mass is 584 g/mol. The zero-order chi connectivity index (χ0) is 27.4. The SMILES string of the molecule is Nc1ccnc(/C(=N\OCc2ccccc2)C(=O)NC2C(=O)N3C(C(=O)O)=C(CSc4nncs4)CSC23)n1. The molecule has 3 aromatic rings. The number of carboxylic acid groups (broad SMARTS) is 1. The van der Waals surface area contributed by atoms with Crippen molar-refractivity contribution in [2.45, 2.75) is 22.4 Å². The van der Waals surface area contributed by atoms with Gasteiger partial charge in [-0.3, -0.25) is 14.5 Å². The Kier molecular flexibility index (Phi) is 8.04. The lowest BCUT2D eigenvalue weighted by Gasteiger charge is -2.49. The second-order valence-electron chi connectivity index (χ2n) is 8.12. The minimum Gasteiger partial charge on any atom is -0.477 e. The maximum atomic E-state index is 13.3. The Bertz CT molecular complexity index is 1450. The largest absolute Gasteiger partial charge is 0.477 e. The third-order valence-electron chi connectivity index (χ3n) is 5.58. The number of nitrogens with one attached hydrogen (secondary N) is 1. The topological polar surface area (TPSA) is 186 Å². The molecule has 2 aliphatic heterocycles. The van der Waals surface area contributed by atoms with E-state index in [-0.39, 0.29) is 29.7 Å². The maximum absolute atomic E-state index is 13.3. The van der Waals surface area contributed by atoms with E-state index >= 15 is 0 Å². The number of nitrogens with two attached hydrogens (primary N) is 1. The number of carbonyl (C=O) groups excluding carboxylic acids is 2. The number of carbonyl (C=O) groups is 3. The number of carboxylic acids is 1. The van der Waals surface area contributed by atoms with Gasteiger partial charge in [0.2, 0.25) is 5.71 Å². The summed E-state index contributed by atoms with van der Waals surface area (Å²) in [5.41, 5.74) is 8.42. The van der Waals surface area contributed by atoms with Crippen LogP contribution in [0.1, 0.15) is 11.4 Å². The molecular weight excluding hydrogens is 565 g/mol.